The van der Waals surface area contributed by atoms with E-state index in [0.717, 1.165) is 18.8 Å². The van der Waals surface area contributed by atoms with Gasteiger partial charge in [-0.25, -0.2) is 4.42 Å². The third-order valence-electron chi connectivity index (χ3n) is 1.18. The van der Waals surface area contributed by atoms with Crippen molar-refractivity contribution in [2.24, 2.45) is 4.99 Å². The molecule has 0 aromatic rings. The van der Waals surface area contributed by atoms with Crippen LogP contribution in [0.3, 0.4) is 0 Å². The smallest absolute Gasteiger partial charge is 0.118 e. The van der Waals surface area contributed by atoms with Gasteiger partial charge in [0.2, 0.25) is 0 Å². The molecule has 0 saturated carbocycles. The zero-order valence-electron chi connectivity index (χ0n) is 5.34. The molecule has 0 amide bonds. The van der Waals surface area contributed by atoms with Crippen molar-refractivity contribution in [3.05, 3.63) is 12.3 Å². The minimum Gasteiger partial charge on any atom is -0.267 e. The quantitative estimate of drug-likeness (QED) is 0.513. The minimum atomic E-state index is 0.770. The summed E-state index contributed by atoms with van der Waals surface area (Å²) < 4.78 is 1.53. The van der Waals surface area contributed by atoms with E-state index in [1.165, 1.54) is 4.42 Å². The monoisotopic (exact) mass is 144 g/mol. The summed E-state index contributed by atoms with van der Waals surface area (Å²) in [7, 11) is 0. The van der Waals surface area contributed by atoms with E-state index >= 15 is 0 Å². The molecule has 0 bridgehead atoms. The molecule has 0 aliphatic carbocycles. The van der Waals surface area contributed by atoms with Crippen molar-refractivity contribution in [2.45, 2.75) is 13.3 Å². The van der Waals surface area contributed by atoms with Crippen molar-refractivity contribution in [1.82, 2.24) is 4.42 Å². The second kappa shape index (κ2) is 2.87. The molecule has 1 rings (SSSR count). The molecule has 0 radical (unpaired) electrons. The van der Waals surface area contributed by atoms with Gasteiger partial charge in [-0.1, -0.05) is 6.92 Å². The molecule has 0 spiro atoms. The summed E-state index contributed by atoms with van der Waals surface area (Å²) in [4.78, 5) is 4.15. The molecule has 9 heavy (non-hydrogen) atoms. The molecular weight excluding hydrogens is 136 g/mol. The molecule has 0 fully saturated rings. The first kappa shape index (κ1) is 6.62. The molecule has 0 aromatic heterocycles. The summed E-state index contributed by atoms with van der Waals surface area (Å²) >= 11 is 5.70. The van der Waals surface area contributed by atoms with Gasteiger partial charge in [0.1, 0.15) is 5.84 Å². The zero-order valence-corrected chi connectivity index (χ0v) is 6.10. The summed E-state index contributed by atoms with van der Waals surface area (Å²) in [5.74, 6) is 0.944. The molecule has 0 N–H and O–H groups in total. The molecule has 1 aliphatic rings. The standard InChI is InChI=1S/C6H9ClN2/c1-2-6-8-4-3-5-9(6)7/h3,5H,2,4H2,1H3. The lowest BCUT2D eigenvalue weighted by Crippen LogP contribution is -2.17. The third kappa shape index (κ3) is 1.45. The molecule has 0 saturated heterocycles. The summed E-state index contributed by atoms with van der Waals surface area (Å²) in [5, 5.41) is 0. The molecule has 2 nitrogen and oxygen atoms in total. The number of hydrogen-bond donors (Lipinski definition) is 0. The van der Waals surface area contributed by atoms with Gasteiger partial charge in [-0.2, -0.15) is 0 Å². The highest BCUT2D eigenvalue weighted by atomic mass is 35.5. The van der Waals surface area contributed by atoms with Crippen LogP contribution in [0.5, 0.6) is 0 Å². The molecule has 0 atom stereocenters. The third-order valence-corrected chi connectivity index (χ3v) is 1.49. The average Bonchev–Trinajstić information content (AvgIpc) is 1.89. The summed E-state index contributed by atoms with van der Waals surface area (Å²) in [6.45, 7) is 2.81. The summed E-state index contributed by atoms with van der Waals surface area (Å²) in [6, 6.07) is 0. The Morgan fingerprint density at radius 1 is 1.89 bits per heavy atom. The second-order valence-corrected chi connectivity index (χ2v) is 2.17. The molecule has 1 aliphatic heterocycles. The van der Waals surface area contributed by atoms with E-state index in [4.69, 9.17) is 11.8 Å². The van der Waals surface area contributed by atoms with E-state index in [-0.39, 0.29) is 0 Å². The van der Waals surface area contributed by atoms with Gasteiger partial charge >= 0.3 is 0 Å². The number of nitrogens with zero attached hydrogens (tertiary/aromatic N) is 2. The number of amidine groups is 1. The van der Waals surface area contributed by atoms with Crippen molar-refractivity contribution < 1.29 is 0 Å². The Morgan fingerprint density at radius 2 is 2.67 bits per heavy atom. The van der Waals surface area contributed by atoms with Gasteiger partial charge in [0.15, 0.2) is 0 Å². The van der Waals surface area contributed by atoms with Crippen LogP contribution < -0.4 is 0 Å². The van der Waals surface area contributed by atoms with E-state index < -0.39 is 0 Å². The Balaban J connectivity index is 2.59. The van der Waals surface area contributed by atoms with Crippen LogP contribution in [0.15, 0.2) is 17.3 Å². The first-order chi connectivity index (χ1) is 4.34. The highest BCUT2D eigenvalue weighted by molar-refractivity contribution is 6.23. The van der Waals surface area contributed by atoms with Crippen molar-refractivity contribution in [1.29, 1.82) is 0 Å². The van der Waals surface area contributed by atoms with Crippen molar-refractivity contribution in [2.75, 3.05) is 6.54 Å². The maximum absolute atomic E-state index is 5.70. The molecule has 1 heterocycles. The van der Waals surface area contributed by atoms with Crippen LogP contribution in [-0.2, 0) is 0 Å². The van der Waals surface area contributed by atoms with Crippen LogP contribution in [0, 0.1) is 0 Å². The largest absolute Gasteiger partial charge is 0.267 e. The predicted molar refractivity (Wildman–Crippen MR) is 39.4 cm³/mol. The maximum atomic E-state index is 5.70. The van der Waals surface area contributed by atoms with Crippen LogP contribution >= 0.6 is 11.8 Å². The van der Waals surface area contributed by atoms with E-state index in [1.54, 1.807) is 0 Å². The van der Waals surface area contributed by atoms with Crippen molar-refractivity contribution in [3.63, 3.8) is 0 Å². The fourth-order valence-electron chi connectivity index (χ4n) is 0.714. The summed E-state index contributed by atoms with van der Waals surface area (Å²) in [6.07, 6.45) is 4.65. The van der Waals surface area contributed by atoms with E-state index in [0.29, 0.717) is 0 Å². The Kier molecular flexibility index (Phi) is 2.11. The fourth-order valence-corrected chi connectivity index (χ4v) is 0.967. The van der Waals surface area contributed by atoms with Crippen LogP contribution in [0.4, 0.5) is 0 Å². The Morgan fingerprint density at radius 3 is 3.11 bits per heavy atom. The van der Waals surface area contributed by atoms with Crippen molar-refractivity contribution >= 4 is 17.6 Å². The molecule has 3 heteroatoms. The number of rotatable bonds is 1. The van der Waals surface area contributed by atoms with Gasteiger partial charge in [0.05, 0.1) is 6.54 Å². The first-order valence-electron chi connectivity index (χ1n) is 2.99. The lowest BCUT2D eigenvalue weighted by atomic mass is 10.4. The fraction of sp³-hybridized carbons (Fsp3) is 0.500. The van der Waals surface area contributed by atoms with Crippen LogP contribution in [-0.4, -0.2) is 16.8 Å². The summed E-state index contributed by atoms with van der Waals surface area (Å²) in [5.41, 5.74) is 0. The van der Waals surface area contributed by atoms with Gasteiger partial charge in [0, 0.05) is 24.4 Å². The molecular formula is C6H9ClN2. The SMILES string of the molecule is CCC1=NCC=CN1Cl. The molecule has 0 aromatic carbocycles. The lowest BCUT2D eigenvalue weighted by molar-refractivity contribution is 0.825. The first-order valence-corrected chi connectivity index (χ1v) is 3.33. The second-order valence-electron chi connectivity index (χ2n) is 1.81. The Bertz CT molecular complexity index is 151. The van der Waals surface area contributed by atoms with E-state index in [9.17, 15) is 0 Å². The number of hydrogen-bond acceptors (Lipinski definition) is 2. The van der Waals surface area contributed by atoms with Gasteiger partial charge in [0.25, 0.3) is 0 Å². The minimum absolute atomic E-state index is 0.770. The van der Waals surface area contributed by atoms with Crippen LogP contribution in [0.2, 0.25) is 0 Å². The van der Waals surface area contributed by atoms with E-state index in [1.807, 2.05) is 19.2 Å². The number of halogens is 1. The van der Waals surface area contributed by atoms with Gasteiger partial charge in [-0.3, -0.25) is 4.99 Å². The normalized spacial score (nSPS) is 18.0. The highest BCUT2D eigenvalue weighted by Gasteiger charge is 2.04. The lowest BCUT2D eigenvalue weighted by Gasteiger charge is -2.14. The highest BCUT2D eigenvalue weighted by Crippen LogP contribution is 2.05. The van der Waals surface area contributed by atoms with Crippen LogP contribution in [0.25, 0.3) is 0 Å². The number of aliphatic imine (C=N–C) groups is 1. The van der Waals surface area contributed by atoms with Gasteiger partial charge < -0.3 is 0 Å². The Hall–Kier alpha value is -0.500. The maximum Gasteiger partial charge on any atom is 0.118 e. The van der Waals surface area contributed by atoms with E-state index in [2.05, 4.69) is 4.99 Å². The molecule has 0 unspecified atom stereocenters. The van der Waals surface area contributed by atoms with Crippen LogP contribution in [0.1, 0.15) is 13.3 Å². The van der Waals surface area contributed by atoms with Crippen molar-refractivity contribution in [3.8, 4) is 0 Å². The topological polar surface area (TPSA) is 15.6 Å². The average molecular weight is 145 g/mol. The zero-order chi connectivity index (χ0) is 6.69. The van der Waals surface area contributed by atoms with Gasteiger partial charge in [-0.15, -0.1) is 0 Å². The predicted octanol–water partition coefficient (Wildman–Crippen LogP) is 1.78. The Labute approximate surface area is 59.9 Å². The van der Waals surface area contributed by atoms with Gasteiger partial charge in [-0.05, 0) is 6.08 Å². The molecule has 50 valence electrons.